The highest BCUT2D eigenvalue weighted by atomic mass is 19.4. The van der Waals surface area contributed by atoms with Gasteiger partial charge in [-0.05, 0) is 34.9 Å². The second kappa shape index (κ2) is 10.0. The Balaban J connectivity index is 1.44. The number of anilines is 2. The largest absolute Gasteiger partial charge is 0.416 e. The second-order valence-corrected chi connectivity index (χ2v) is 8.19. The van der Waals surface area contributed by atoms with E-state index < -0.39 is 11.7 Å². The molecule has 0 aliphatic rings. The fourth-order valence-corrected chi connectivity index (χ4v) is 3.72. The first-order valence-electron chi connectivity index (χ1n) is 11.3. The standard InChI is InChI=1S/C26H22F3N7/c27-26(28,29)21-10-8-19(9-11-21)16-36-17-33-22-23(31-14-18-5-2-1-3-6-18)34-25(35-24(22)36)32-15-20-7-4-12-30-13-20/h1-13,17H,14-16H2,(H2,31,32,34,35). The number of pyridine rings is 1. The van der Waals surface area contributed by atoms with Crippen LogP contribution in [0.5, 0.6) is 0 Å². The lowest BCUT2D eigenvalue weighted by molar-refractivity contribution is -0.137. The molecule has 0 spiro atoms. The molecule has 5 aromatic rings. The average Bonchev–Trinajstić information content (AvgIpc) is 3.29. The molecule has 5 rings (SSSR count). The Bertz CT molecular complexity index is 1430. The molecular weight excluding hydrogens is 467 g/mol. The minimum absolute atomic E-state index is 0.311. The van der Waals surface area contributed by atoms with Gasteiger partial charge in [-0.1, -0.05) is 48.5 Å². The number of hydrogen-bond donors (Lipinski definition) is 2. The van der Waals surface area contributed by atoms with Gasteiger partial charge in [-0.25, -0.2) is 4.98 Å². The van der Waals surface area contributed by atoms with Gasteiger partial charge < -0.3 is 15.2 Å². The predicted molar refractivity (Wildman–Crippen MR) is 131 cm³/mol. The topological polar surface area (TPSA) is 80.5 Å². The number of nitrogens with one attached hydrogen (secondary N) is 2. The second-order valence-electron chi connectivity index (χ2n) is 8.19. The van der Waals surface area contributed by atoms with E-state index in [2.05, 4.69) is 30.6 Å². The molecular formula is C26H22F3N7. The maximum atomic E-state index is 12.9. The smallest absolute Gasteiger partial charge is 0.364 e. The summed E-state index contributed by atoms with van der Waals surface area (Å²) in [5, 5.41) is 6.57. The van der Waals surface area contributed by atoms with Gasteiger partial charge in [0.2, 0.25) is 5.95 Å². The third kappa shape index (κ3) is 5.43. The number of aromatic nitrogens is 5. The van der Waals surface area contributed by atoms with E-state index in [0.717, 1.165) is 23.3 Å². The van der Waals surface area contributed by atoms with Gasteiger partial charge in [-0.15, -0.1) is 0 Å². The summed E-state index contributed by atoms with van der Waals surface area (Å²) in [6.07, 6.45) is 0.712. The molecule has 0 aliphatic carbocycles. The Hall–Kier alpha value is -4.47. The van der Waals surface area contributed by atoms with Crippen molar-refractivity contribution in [2.45, 2.75) is 25.8 Å². The highest BCUT2D eigenvalue weighted by Gasteiger charge is 2.30. The van der Waals surface area contributed by atoms with Crippen LogP contribution >= 0.6 is 0 Å². The molecule has 3 heterocycles. The van der Waals surface area contributed by atoms with Crippen LogP contribution in [-0.4, -0.2) is 24.5 Å². The highest BCUT2D eigenvalue weighted by Crippen LogP contribution is 2.29. The van der Waals surface area contributed by atoms with Crippen molar-refractivity contribution in [3.8, 4) is 0 Å². The van der Waals surface area contributed by atoms with Crippen molar-refractivity contribution in [3.05, 3.63) is 108 Å². The molecule has 0 amide bonds. The van der Waals surface area contributed by atoms with E-state index in [1.54, 1.807) is 23.3 Å². The van der Waals surface area contributed by atoms with Crippen LogP contribution in [0.25, 0.3) is 11.2 Å². The van der Waals surface area contributed by atoms with Crippen LogP contribution in [0.3, 0.4) is 0 Å². The summed E-state index contributed by atoms with van der Waals surface area (Å²) >= 11 is 0. The molecule has 0 atom stereocenters. The van der Waals surface area contributed by atoms with E-state index >= 15 is 0 Å². The molecule has 0 radical (unpaired) electrons. The van der Waals surface area contributed by atoms with Gasteiger partial charge in [0, 0.05) is 25.5 Å². The van der Waals surface area contributed by atoms with Crippen LogP contribution in [0.15, 0.2) is 85.5 Å². The van der Waals surface area contributed by atoms with E-state index in [-0.39, 0.29) is 0 Å². The van der Waals surface area contributed by atoms with E-state index in [1.807, 2.05) is 42.5 Å². The molecule has 10 heteroatoms. The Morgan fingerprint density at radius 1 is 0.778 bits per heavy atom. The Kier molecular flexibility index (Phi) is 6.48. The summed E-state index contributed by atoms with van der Waals surface area (Å²) in [4.78, 5) is 17.9. The quantitative estimate of drug-likeness (QED) is 0.299. The Morgan fingerprint density at radius 3 is 2.25 bits per heavy atom. The van der Waals surface area contributed by atoms with Crippen molar-refractivity contribution < 1.29 is 13.2 Å². The summed E-state index contributed by atoms with van der Waals surface area (Å²) in [6, 6.07) is 18.8. The van der Waals surface area contributed by atoms with Crippen LogP contribution in [0.2, 0.25) is 0 Å². The van der Waals surface area contributed by atoms with Gasteiger partial charge in [-0.3, -0.25) is 4.98 Å². The highest BCUT2D eigenvalue weighted by molar-refractivity contribution is 5.84. The molecule has 0 saturated heterocycles. The van der Waals surface area contributed by atoms with Crippen LogP contribution in [0.1, 0.15) is 22.3 Å². The SMILES string of the molecule is FC(F)(F)c1ccc(Cn2cnc3c(NCc4ccccc4)nc(NCc4cccnc4)nc32)cc1. The molecule has 0 fully saturated rings. The lowest BCUT2D eigenvalue weighted by atomic mass is 10.1. The van der Waals surface area contributed by atoms with Gasteiger partial charge in [0.05, 0.1) is 18.4 Å². The predicted octanol–water partition coefficient (Wildman–Crippen LogP) is 5.51. The van der Waals surface area contributed by atoms with Crippen molar-refractivity contribution in [1.29, 1.82) is 0 Å². The van der Waals surface area contributed by atoms with Gasteiger partial charge in [0.15, 0.2) is 17.0 Å². The van der Waals surface area contributed by atoms with Crippen molar-refractivity contribution >= 4 is 22.9 Å². The maximum absolute atomic E-state index is 12.9. The average molecular weight is 490 g/mol. The van der Waals surface area contributed by atoms with Gasteiger partial charge in [-0.2, -0.15) is 23.1 Å². The van der Waals surface area contributed by atoms with Gasteiger partial charge in [0.25, 0.3) is 0 Å². The third-order valence-corrected chi connectivity index (χ3v) is 5.57. The van der Waals surface area contributed by atoms with Crippen LogP contribution in [-0.2, 0) is 25.8 Å². The summed E-state index contributed by atoms with van der Waals surface area (Å²) in [6.45, 7) is 1.33. The number of fused-ring (bicyclic) bond motifs is 1. The zero-order chi connectivity index (χ0) is 25.0. The van der Waals surface area contributed by atoms with E-state index in [9.17, 15) is 13.2 Å². The van der Waals surface area contributed by atoms with E-state index in [0.29, 0.717) is 48.1 Å². The summed E-state index contributed by atoms with van der Waals surface area (Å²) < 4.78 is 40.6. The number of imidazole rings is 1. The number of alkyl halides is 3. The number of halogens is 3. The first-order valence-corrected chi connectivity index (χ1v) is 11.3. The molecule has 0 bridgehead atoms. The number of benzene rings is 2. The minimum Gasteiger partial charge on any atom is -0.364 e. The Labute approximate surface area is 205 Å². The third-order valence-electron chi connectivity index (χ3n) is 5.57. The molecule has 3 aromatic heterocycles. The van der Waals surface area contributed by atoms with Crippen molar-refractivity contribution in [2.75, 3.05) is 10.6 Å². The summed E-state index contributed by atoms with van der Waals surface area (Å²) in [7, 11) is 0. The van der Waals surface area contributed by atoms with Crippen LogP contribution in [0.4, 0.5) is 24.9 Å². The molecule has 0 saturated carbocycles. The lowest BCUT2D eigenvalue weighted by Gasteiger charge is -2.11. The van der Waals surface area contributed by atoms with Gasteiger partial charge in [0.1, 0.15) is 0 Å². The zero-order valence-electron chi connectivity index (χ0n) is 19.1. The van der Waals surface area contributed by atoms with Crippen molar-refractivity contribution in [2.24, 2.45) is 0 Å². The summed E-state index contributed by atoms with van der Waals surface area (Å²) in [5.41, 5.74) is 3.21. The van der Waals surface area contributed by atoms with Gasteiger partial charge >= 0.3 is 6.18 Å². The minimum atomic E-state index is -4.37. The lowest BCUT2D eigenvalue weighted by Crippen LogP contribution is -2.09. The van der Waals surface area contributed by atoms with Crippen molar-refractivity contribution in [3.63, 3.8) is 0 Å². The fraction of sp³-hybridized carbons (Fsp3) is 0.154. The van der Waals surface area contributed by atoms with E-state index in [1.165, 1.54) is 12.1 Å². The first-order chi connectivity index (χ1) is 17.5. The number of hydrogen-bond acceptors (Lipinski definition) is 6. The number of nitrogens with zero attached hydrogens (tertiary/aromatic N) is 5. The molecule has 2 N–H and O–H groups in total. The van der Waals surface area contributed by atoms with Crippen LogP contribution in [0, 0.1) is 0 Å². The fourth-order valence-electron chi connectivity index (χ4n) is 3.72. The number of rotatable bonds is 8. The molecule has 7 nitrogen and oxygen atoms in total. The molecule has 182 valence electrons. The zero-order valence-corrected chi connectivity index (χ0v) is 19.1. The molecule has 0 unspecified atom stereocenters. The van der Waals surface area contributed by atoms with Crippen LogP contribution < -0.4 is 10.6 Å². The molecule has 2 aromatic carbocycles. The maximum Gasteiger partial charge on any atom is 0.416 e. The normalized spacial score (nSPS) is 11.5. The summed E-state index contributed by atoms with van der Waals surface area (Å²) in [5.74, 6) is 0.958. The first kappa shape index (κ1) is 23.3. The van der Waals surface area contributed by atoms with Crippen molar-refractivity contribution in [1.82, 2.24) is 24.5 Å². The Morgan fingerprint density at radius 2 is 1.53 bits per heavy atom. The van der Waals surface area contributed by atoms with E-state index in [4.69, 9.17) is 0 Å². The molecule has 36 heavy (non-hydrogen) atoms. The monoisotopic (exact) mass is 489 g/mol. The molecule has 0 aliphatic heterocycles.